The number of carbonyl (C=O) groups excluding carboxylic acids is 1. The van der Waals surface area contributed by atoms with Gasteiger partial charge in [-0.2, -0.15) is 0 Å². The van der Waals surface area contributed by atoms with Crippen LogP contribution in [0.5, 0.6) is 5.75 Å². The van der Waals surface area contributed by atoms with E-state index in [-0.39, 0.29) is 18.4 Å². The van der Waals surface area contributed by atoms with Gasteiger partial charge < -0.3 is 25.1 Å². The molecule has 0 saturated carbocycles. The third-order valence-corrected chi connectivity index (χ3v) is 6.08. The largest absolute Gasteiger partial charge is 0.495 e. The van der Waals surface area contributed by atoms with E-state index in [0.717, 1.165) is 48.2 Å². The minimum atomic E-state index is -0.168. The predicted octanol–water partition coefficient (Wildman–Crippen LogP) is 3.62. The summed E-state index contributed by atoms with van der Waals surface area (Å²) in [6, 6.07) is 11.5. The maximum absolute atomic E-state index is 12.5. The molecule has 0 bridgehead atoms. The van der Waals surface area contributed by atoms with E-state index in [1.54, 1.807) is 13.3 Å². The Labute approximate surface area is 196 Å². The molecule has 0 unspecified atom stereocenters. The normalized spacial score (nSPS) is 14.3. The number of aromatic nitrogens is 4. The zero-order chi connectivity index (χ0) is 23.5. The number of pyridine rings is 1. The highest BCUT2D eigenvalue weighted by Gasteiger charge is 2.23. The van der Waals surface area contributed by atoms with Gasteiger partial charge in [-0.25, -0.2) is 9.97 Å². The topological polar surface area (TPSA) is 117 Å². The summed E-state index contributed by atoms with van der Waals surface area (Å²) in [5.41, 5.74) is 10.2. The number of hydrogen-bond acceptors (Lipinski definition) is 7. The highest BCUT2D eigenvalue weighted by molar-refractivity contribution is 6.01. The number of rotatable bonds is 6. The first-order valence-corrected chi connectivity index (χ1v) is 11.2. The third kappa shape index (κ3) is 4.29. The Bertz CT molecular complexity index is 1320. The number of nitrogens with zero attached hydrogens (tertiary/aromatic N) is 4. The van der Waals surface area contributed by atoms with Crippen molar-refractivity contribution in [1.82, 2.24) is 19.5 Å². The van der Waals surface area contributed by atoms with Gasteiger partial charge in [-0.3, -0.25) is 9.78 Å². The number of amides is 1. The van der Waals surface area contributed by atoms with Crippen LogP contribution in [0.2, 0.25) is 0 Å². The summed E-state index contributed by atoms with van der Waals surface area (Å²) in [5, 5.41) is 3.73. The number of benzene rings is 1. The molecule has 0 radical (unpaired) electrons. The molecule has 1 saturated heterocycles. The highest BCUT2D eigenvalue weighted by Crippen LogP contribution is 2.39. The van der Waals surface area contributed by atoms with Gasteiger partial charge in [0, 0.05) is 42.9 Å². The Kier molecular flexibility index (Phi) is 6.09. The lowest BCUT2D eigenvalue weighted by molar-refractivity contribution is -0.115. The summed E-state index contributed by atoms with van der Waals surface area (Å²) >= 11 is 0. The van der Waals surface area contributed by atoms with Gasteiger partial charge in [0.2, 0.25) is 5.91 Å². The Balaban J connectivity index is 1.48. The summed E-state index contributed by atoms with van der Waals surface area (Å²) in [6.07, 6.45) is 7.26. The number of nitrogens with two attached hydrogens (primary N) is 1. The molecule has 1 aliphatic rings. The molecule has 1 fully saturated rings. The molecule has 4 aromatic rings. The zero-order valence-electron chi connectivity index (χ0n) is 18.9. The molecular formula is C25H26N6O3. The van der Waals surface area contributed by atoms with Crippen LogP contribution in [0.25, 0.3) is 22.2 Å². The fourth-order valence-corrected chi connectivity index (χ4v) is 4.39. The molecule has 0 atom stereocenters. The van der Waals surface area contributed by atoms with Crippen molar-refractivity contribution in [2.75, 3.05) is 31.4 Å². The van der Waals surface area contributed by atoms with Gasteiger partial charge in [-0.15, -0.1) is 0 Å². The van der Waals surface area contributed by atoms with Gasteiger partial charge in [0.1, 0.15) is 23.5 Å². The van der Waals surface area contributed by atoms with Gasteiger partial charge in [0.25, 0.3) is 0 Å². The molecular weight excluding hydrogens is 432 g/mol. The molecule has 34 heavy (non-hydrogen) atoms. The lowest BCUT2D eigenvalue weighted by atomic mass is 10.0. The Morgan fingerprint density at radius 2 is 2.06 bits per heavy atom. The molecule has 1 aliphatic heterocycles. The van der Waals surface area contributed by atoms with E-state index < -0.39 is 0 Å². The summed E-state index contributed by atoms with van der Waals surface area (Å²) in [7, 11) is 1.58. The molecule has 3 aromatic heterocycles. The number of ether oxygens (including phenoxy) is 2. The number of carbonyl (C=O) groups is 1. The molecule has 9 heteroatoms. The van der Waals surface area contributed by atoms with Crippen molar-refractivity contribution in [3.63, 3.8) is 0 Å². The quantitative estimate of drug-likeness (QED) is 0.453. The maximum atomic E-state index is 12.5. The van der Waals surface area contributed by atoms with Gasteiger partial charge in [-0.05, 0) is 42.7 Å². The lowest BCUT2D eigenvalue weighted by Gasteiger charge is -2.24. The minimum absolute atomic E-state index is 0.168. The van der Waals surface area contributed by atoms with Crippen molar-refractivity contribution in [2.24, 2.45) is 0 Å². The molecule has 5 rings (SSSR count). The van der Waals surface area contributed by atoms with E-state index in [9.17, 15) is 4.79 Å². The molecule has 174 valence electrons. The van der Waals surface area contributed by atoms with Crippen LogP contribution >= 0.6 is 0 Å². The minimum Gasteiger partial charge on any atom is -0.495 e. The molecule has 1 amide bonds. The van der Waals surface area contributed by atoms with E-state index in [1.807, 2.05) is 36.4 Å². The number of methoxy groups -OCH3 is 1. The van der Waals surface area contributed by atoms with Gasteiger partial charge in [0.05, 0.1) is 24.6 Å². The Morgan fingerprint density at radius 3 is 2.82 bits per heavy atom. The van der Waals surface area contributed by atoms with Crippen molar-refractivity contribution in [1.29, 1.82) is 0 Å². The first-order valence-electron chi connectivity index (χ1n) is 11.2. The van der Waals surface area contributed by atoms with Crippen molar-refractivity contribution in [3.05, 3.63) is 60.8 Å². The van der Waals surface area contributed by atoms with Gasteiger partial charge in [0.15, 0.2) is 0 Å². The van der Waals surface area contributed by atoms with Crippen LogP contribution in [0.3, 0.4) is 0 Å². The number of nitrogen functional groups attached to an aromatic ring is 1. The van der Waals surface area contributed by atoms with Crippen LogP contribution in [0.1, 0.15) is 24.6 Å². The molecule has 9 nitrogen and oxygen atoms in total. The fraction of sp³-hybridized carbons (Fsp3) is 0.280. The second-order valence-electron chi connectivity index (χ2n) is 8.21. The van der Waals surface area contributed by atoms with Crippen molar-refractivity contribution >= 4 is 28.4 Å². The summed E-state index contributed by atoms with van der Waals surface area (Å²) in [6.45, 7) is 1.45. The van der Waals surface area contributed by atoms with Crippen LogP contribution in [-0.4, -0.2) is 45.7 Å². The smallest absolute Gasteiger partial charge is 0.230 e. The average molecular weight is 459 g/mol. The molecule has 3 N–H and O–H groups in total. The van der Waals surface area contributed by atoms with E-state index in [1.165, 1.54) is 6.33 Å². The lowest BCUT2D eigenvalue weighted by Crippen LogP contribution is -2.19. The molecule has 4 heterocycles. The molecule has 0 aliphatic carbocycles. The van der Waals surface area contributed by atoms with E-state index >= 15 is 0 Å². The van der Waals surface area contributed by atoms with Crippen molar-refractivity contribution in [3.8, 4) is 16.9 Å². The van der Waals surface area contributed by atoms with Crippen LogP contribution < -0.4 is 15.8 Å². The van der Waals surface area contributed by atoms with E-state index in [4.69, 9.17) is 15.2 Å². The van der Waals surface area contributed by atoms with Gasteiger partial charge in [-0.1, -0.05) is 12.1 Å². The molecule has 1 aromatic carbocycles. The predicted molar refractivity (Wildman–Crippen MR) is 130 cm³/mol. The van der Waals surface area contributed by atoms with Gasteiger partial charge >= 0.3 is 0 Å². The average Bonchev–Trinajstić information content (AvgIpc) is 3.26. The second-order valence-corrected chi connectivity index (χ2v) is 8.21. The Morgan fingerprint density at radius 1 is 1.21 bits per heavy atom. The first kappa shape index (κ1) is 21.8. The molecule has 0 spiro atoms. The second kappa shape index (κ2) is 9.48. The van der Waals surface area contributed by atoms with Crippen LogP contribution in [0.4, 0.5) is 11.5 Å². The number of hydrogen-bond donors (Lipinski definition) is 2. The number of fused-ring (bicyclic) bond motifs is 1. The maximum Gasteiger partial charge on any atom is 0.230 e. The summed E-state index contributed by atoms with van der Waals surface area (Å²) < 4.78 is 13.3. The van der Waals surface area contributed by atoms with E-state index in [0.29, 0.717) is 22.9 Å². The summed E-state index contributed by atoms with van der Waals surface area (Å²) in [4.78, 5) is 25.5. The zero-order valence-corrected chi connectivity index (χ0v) is 18.9. The highest BCUT2D eigenvalue weighted by atomic mass is 16.5. The standard InChI is InChI=1S/C25H26N6O3/c1-33-21-12-16(5-6-20(21)30-22(32)13-17-4-2-3-9-27-17)19-14-31(18-7-10-34-11-8-18)25-23(19)24(26)28-15-29-25/h2-6,9,12,14-15,18H,7-8,10-11,13H2,1H3,(H,30,32)(H2,26,28,29). The van der Waals surface area contributed by atoms with Crippen LogP contribution in [0, 0.1) is 0 Å². The number of anilines is 2. The first-order chi connectivity index (χ1) is 16.6. The van der Waals surface area contributed by atoms with Crippen molar-refractivity contribution in [2.45, 2.75) is 25.3 Å². The SMILES string of the molecule is COc1cc(-c2cn(C3CCOCC3)c3ncnc(N)c23)ccc1NC(=O)Cc1ccccn1. The fourth-order valence-electron chi connectivity index (χ4n) is 4.39. The van der Waals surface area contributed by atoms with Crippen LogP contribution in [-0.2, 0) is 16.0 Å². The third-order valence-electron chi connectivity index (χ3n) is 6.08. The number of nitrogens with one attached hydrogen (secondary N) is 1. The summed E-state index contributed by atoms with van der Waals surface area (Å²) in [5.74, 6) is 0.810. The van der Waals surface area contributed by atoms with Crippen LogP contribution in [0.15, 0.2) is 55.1 Å². The monoisotopic (exact) mass is 458 g/mol. The van der Waals surface area contributed by atoms with E-state index in [2.05, 4.69) is 31.0 Å². The van der Waals surface area contributed by atoms with Crippen molar-refractivity contribution < 1.29 is 14.3 Å². The Hall–Kier alpha value is -3.98.